The topological polar surface area (TPSA) is 36.3 Å². The molecular weight excluding hydrogens is 212 g/mol. The molecule has 0 N–H and O–H groups in total. The first-order valence-electron chi connectivity index (χ1n) is 6.02. The van der Waals surface area contributed by atoms with Crippen molar-refractivity contribution in [3.05, 3.63) is 35.4 Å². The van der Waals surface area contributed by atoms with Crippen molar-refractivity contribution in [2.75, 3.05) is 19.7 Å². The summed E-state index contributed by atoms with van der Waals surface area (Å²) >= 11 is 0. The molecule has 0 aliphatic carbocycles. The number of hydrogen-bond acceptors (Lipinski definition) is 3. The maximum atomic E-state index is 9.38. The zero-order chi connectivity index (χ0) is 12.3. The lowest BCUT2D eigenvalue weighted by Crippen LogP contribution is -2.42. The van der Waals surface area contributed by atoms with Gasteiger partial charge in [-0.25, -0.2) is 0 Å². The van der Waals surface area contributed by atoms with Crippen LogP contribution >= 0.6 is 0 Å². The standard InChI is InChI=1S/C14H18N2O/c1-11-4-3-5-13(8-11)14(9-15)16-6-7-17-12(2)10-16/h3-5,8,12,14H,6-7,10H2,1-2H3/t12-,14+/m1/s1. The lowest BCUT2D eigenvalue weighted by molar-refractivity contribution is -0.0269. The molecule has 0 amide bonds. The predicted molar refractivity (Wildman–Crippen MR) is 66.5 cm³/mol. The van der Waals surface area contributed by atoms with Gasteiger partial charge in [-0.15, -0.1) is 0 Å². The van der Waals surface area contributed by atoms with Gasteiger partial charge in [-0.2, -0.15) is 5.26 Å². The summed E-state index contributed by atoms with van der Waals surface area (Å²) < 4.78 is 5.51. The number of morpholine rings is 1. The molecule has 0 unspecified atom stereocenters. The van der Waals surface area contributed by atoms with E-state index in [4.69, 9.17) is 4.74 Å². The Kier molecular flexibility index (Phi) is 3.78. The summed E-state index contributed by atoms with van der Waals surface area (Å²) in [5.41, 5.74) is 2.28. The molecule has 0 spiro atoms. The summed E-state index contributed by atoms with van der Waals surface area (Å²) in [5.74, 6) is 0. The molecule has 3 nitrogen and oxygen atoms in total. The zero-order valence-electron chi connectivity index (χ0n) is 10.4. The molecule has 0 bridgehead atoms. The van der Waals surface area contributed by atoms with Crippen molar-refractivity contribution < 1.29 is 4.74 Å². The second-order valence-corrected chi connectivity index (χ2v) is 4.62. The second kappa shape index (κ2) is 5.31. The van der Waals surface area contributed by atoms with E-state index in [1.54, 1.807) is 0 Å². The number of benzene rings is 1. The summed E-state index contributed by atoms with van der Waals surface area (Å²) in [5, 5.41) is 9.38. The molecule has 0 aromatic heterocycles. The van der Waals surface area contributed by atoms with Crippen LogP contribution in [0.3, 0.4) is 0 Å². The van der Waals surface area contributed by atoms with Crippen molar-refractivity contribution in [3.63, 3.8) is 0 Å². The van der Waals surface area contributed by atoms with E-state index in [0.29, 0.717) is 6.61 Å². The van der Waals surface area contributed by atoms with Crippen LogP contribution in [0.25, 0.3) is 0 Å². The third-order valence-electron chi connectivity index (χ3n) is 3.12. The van der Waals surface area contributed by atoms with Gasteiger partial charge in [0.05, 0.1) is 18.8 Å². The van der Waals surface area contributed by atoms with Gasteiger partial charge in [0, 0.05) is 13.1 Å². The maximum Gasteiger partial charge on any atom is 0.124 e. The molecule has 3 heteroatoms. The van der Waals surface area contributed by atoms with Crippen molar-refractivity contribution >= 4 is 0 Å². The van der Waals surface area contributed by atoms with Crippen LogP contribution in [0.5, 0.6) is 0 Å². The number of aryl methyl sites for hydroxylation is 1. The highest BCUT2D eigenvalue weighted by molar-refractivity contribution is 5.28. The van der Waals surface area contributed by atoms with E-state index in [-0.39, 0.29) is 12.1 Å². The molecule has 2 atom stereocenters. The Hall–Kier alpha value is -1.37. The summed E-state index contributed by atoms with van der Waals surface area (Å²) in [6.45, 7) is 6.48. The van der Waals surface area contributed by atoms with Gasteiger partial charge in [0.25, 0.3) is 0 Å². The molecule has 90 valence electrons. The van der Waals surface area contributed by atoms with E-state index in [0.717, 1.165) is 18.7 Å². The van der Waals surface area contributed by atoms with Gasteiger partial charge in [-0.1, -0.05) is 29.8 Å². The molecule has 0 radical (unpaired) electrons. The Morgan fingerprint density at radius 2 is 2.35 bits per heavy atom. The van der Waals surface area contributed by atoms with Crippen molar-refractivity contribution in [3.8, 4) is 6.07 Å². The highest BCUT2D eigenvalue weighted by Crippen LogP contribution is 2.23. The molecule has 1 aliphatic rings. The summed E-state index contributed by atoms with van der Waals surface area (Å²) in [4.78, 5) is 2.20. The van der Waals surface area contributed by atoms with Gasteiger partial charge in [0.15, 0.2) is 0 Å². The van der Waals surface area contributed by atoms with Crippen LogP contribution < -0.4 is 0 Å². The molecule has 1 aliphatic heterocycles. The third kappa shape index (κ3) is 2.85. The van der Waals surface area contributed by atoms with Gasteiger partial charge in [-0.3, -0.25) is 4.90 Å². The van der Waals surface area contributed by atoms with Crippen molar-refractivity contribution in [1.29, 1.82) is 5.26 Å². The lowest BCUT2D eigenvalue weighted by atomic mass is 10.0. The van der Waals surface area contributed by atoms with E-state index in [2.05, 4.69) is 36.9 Å². The molecule has 17 heavy (non-hydrogen) atoms. The largest absolute Gasteiger partial charge is 0.376 e. The minimum absolute atomic E-state index is 0.152. The molecule has 1 heterocycles. The molecule has 2 rings (SSSR count). The first kappa shape index (κ1) is 12.1. The Labute approximate surface area is 103 Å². The second-order valence-electron chi connectivity index (χ2n) is 4.62. The normalized spacial score (nSPS) is 23.0. The number of rotatable bonds is 2. The van der Waals surface area contributed by atoms with Crippen LogP contribution in [0.15, 0.2) is 24.3 Å². The van der Waals surface area contributed by atoms with E-state index in [9.17, 15) is 5.26 Å². The zero-order valence-corrected chi connectivity index (χ0v) is 10.4. The van der Waals surface area contributed by atoms with Gasteiger partial charge < -0.3 is 4.74 Å². The van der Waals surface area contributed by atoms with Crippen LogP contribution in [0.1, 0.15) is 24.1 Å². The van der Waals surface area contributed by atoms with Crippen molar-refractivity contribution in [1.82, 2.24) is 4.90 Å². The molecular formula is C14H18N2O. The smallest absolute Gasteiger partial charge is 0.124 e. The van der Waals surface area contributed by atoms with Crippen molar-refractivity contribution in [2.45, 2.75) is 26.0 Å². The van der Waals surface area contributed by atoms with Crippen molar-refractivity contribution in [2.24, 2.45) is 0 Å². The minimum atomic E-state index is -0.152. The van der Waals surface area contributed by atoms with E-state index in [1.165, 1.54) is 5.56 Å². The first-order valence-corrected chi connectivity index (χ1v) is 6.02. The fraction of sp³-hybridized carbons (Fsp3) is 0.500. The summed E-state index contributed by atoms with van der Waals surface area (Å²) in [6, 6.07) is 10.4. The highest BCUT2D eigenvalue weighted by Gasteiger charge is 2.25. The van der Waals surface area contributed by atoms with Crippen LogP contribution in [0.4, 0.5) is 0 Å². The van der Waals surface area contributed by atoms with E-state index >= 15 is 0 Å². The Bertz CT molecular complexity index is 424. The minimum Gasteiger partial charge on any atom is -0.376 e. The SMILES string of the molecule is Cc1cccc([C@H](C#N)N2CCO[C@H](C)C2)c1. The van der Waals surface area contributed by atoms with Crippen LogP contribution in [-0.4, -0.2) is 30.7 Å². The highest BCUT2D eigenvalue weighted by atomic mass is 16.5. The quantitative estimate of drug-likeness (QED) is 0.782. The Morgan fingerprint density at radius 3 is 3.00 bits per heavy atom. The fourth-order valence-corrected chi connectivity index (χ4v) is 2.29. The molecule has 1 fully saturated rings. The number of nitriles is 1. The van der Waals surface area contributed by atoms with Gasteiger partial charge in [0.1, 0.15) is 6.04 Å². The molecule has 1 saturated heterocycles. The first-order chi connectivity index (χ1) is 8.20. The molecule has 1 aromatic rings. The Balaban J connectivity index is 2.19. The number of nitrogens with zero attached hydrogens (tertiary/aromatic N) is 2. The number of hydrogen-bond donors (Lipinski definition) is 0. The van der Waals surface area contributed by atoms with E-state index in [1.807, 2.05) is 12.1 Å². The van der Waals surface area contributed by atoms with Gasteiger partial charge >= 0.3 is 0 Å². The van der Waals surface area contributed by atoms with Gasteiger partial charge in [0.2, 0.25) is 0 Å². The third-order valence-corrected chi connectivity index (χ3v) is 3.12. The van der Waals surface area contributed by atoms with E-state index < -0.39 is 0 Å². The average Bonchev–Trinajstić information content (AvgIpc) is 2.30. The monoisotopic (exact) mass is 230 g/mol. The average molecular weight is 230 g/mol. The maximum absolute atomic E-state index is 9.38. The lowest BCUT2D eigenvalue weighted by Gasteiger charge is -2.34. The summed E-state index contributed by atoms with van der Waals surface area (Å²) in [7, 11) is 0. The van der Waals surface area contributed by atoms with Gasteiger partial charge in [-0.05, 0) is 19.4 Å². The Morgan fingerprint density at radius 1 is 1.53 bits per heavy atom. The molecule has 0 saturated carbocycles. The van der Waals surface area contributed by atoms with Crippen LogP contribution in [0.2, 0.25) is 0 Å². The fourth-order valence-electron chi connectivity index (χ4n) is 2.29. The molecule has 1 aromatic carbocycles. The van der Waals surface area contributed by atoms with Crippen LogP contribution in [-0.2, 0) is 4.74 Å². The van der Waals surface area contributed by atoms with Crippen LogP contribution in [0, 0.1) is 18.3 Å². The summed E-state index contributed by atoms with van der Waals surface area (Å²) in [6.07, 6.45) is 0.212. The number of ether oxygens (including phenoxy) is 1. The predicted octanol–water partition coefficient (Wildman–Crippen LogP) is 2.28.